The number of nitrogens with zero attached hydrogens (tertiary/aromatic N) is 1. The van der Waals surface area contributed by atoms with Crippen molar-refractivity contribution in [3.8, 4) is 11.5 Å². The Hall–Kier alpha value is -6.74. The maximum Gasteiger partial charge on any atom is 0.181 e. The van der Waals surface area contributed by atoms with Crippen molar-refractivity contribution < 1.29 is 13.9 Å². The SMILES string of the molecule is O=P(c1ccccc1)(c1ccccc1)c1ccc2c(c1)P(=O)(c1ccc(N3c4ccccc4Oc4ccccc43)cc1)c1ccccc1[Si]2(c1ccccc1)c1ccccc1. The Morgan fingerprint density at radius 2 is 0.885 bits per heavy atom. The third kappa shape index (κ3) is 5.66. The largest absolute Gasteiger partial charge is 0.453 e. The molecule has 0 amide bonds. The Kier molecular flexibility index (Phi) is 9.02. The smallest absolute Gasteiger partial charge is 0.181 e. The van der Waals surface area contributed by atoms with Crippen molar-refractivity contribution in [3.05, 3.63) is 237 Å². The fraction of sp³-hybridized carbons (Fsp3) is 0. The lowest BCUT2D eigenvalue weighted by Crippen LogP contribution is -2.82. The van der Waals surface area contributed by atoms with Gasteiger partial charge in [-0.1, -0.05) is 182 Å². The first-order valence-corrected chi connectivity index (χ1v) is 25.9. The van der Waals surface area contributed by atoms with Crippen LogP contribution in [-0.4, -0.2) is 8.07 Å². The predicted octanol–water partition coefficient (Wildman–Crippen LogP) is 8.23. The second-order valence-corrected chi connectivity index (χ2v) is 24.7. The lowest BCUT2D eigenvalue weighted by atomic mass is 10.1. The van der Waals surface area contributed by atoms with Gasteiger partial charge < -0.3 is 18.8 Å². The summed E-state index contributed by atoms with van der Waals surface area (Å²) in [4.78, 5) is 2.20. The van der Waals surface area contributed by atoms with Crippen molar-refractivity contribution in [1.29, 1.82) is 0 Å². The van der Waals surface area contributed by atoms with E-state index >= 15 is 9.13 Å². The maximum absolute atomic E-state index is 17.2. The molecule has 0 aromatic heterocycles. The van der Waals surface area contributed by atoms with Gasteiger partial charge in [-0.25, -0.2) is 0 Å². The Balaban J connectivity index is 1.20. The minimum Gasteiger partial charge on any atom is -0.453 e. The van der Waals surface area contributed by atoms with Crippen LogP contribution < -0.4 is 62.2 Å². The van der Waals surface area contributed by atoms with Gasteiger partial charge in [-0.3, -0.25) is 0 Å². The first-order chi connectivity index (χ1) is 30.0. The fourth-order valence-electron chi connectivity index (χ4n) is 9.59. The first-order valence-electron chi connectivity index (χ1n) is 20.5. The van der Waals surface area contributed by atoms with Gasteiger partial charge >= 0.3 is 0 Å². The molecule has 1 unspecified atom stereocenters. The first kappa shape index (κ1) is 37.3. The minimum absolute atomic E-state index is 0.658. The van der Waals surface area contributed by atoms with Gasteiger partial charge in [0.05, 0.1) is 11.4 Å². The lowest BCUT2D eigenvalue weighted by Gasteiger charge is -2.43. The molecule has 11 rings (SSSR count). The third-order valence-corrected chi connectivity index (χ3v) is 23.8. The van der Waals surface area contributed by atoms with E-state index in [1.54, 1.807) is 0 Å². The third-order valence-electron chi connectivity index (χ3n) is 12.3. The van der Waals surface area contributed by atoms with E-state index in [1.165, 1.54) is 10.4 Å². The summed E-state index contributed by atoms with van der Waals surface area (Å²) in [6, 6.07) is 80.0. The summed E-state index contributed by atoms with van der Waals surface area (Å²) in [5, 5.41) is 8.95. The van der Waals surface area contributed by atoms with Crippen LogP contribution >= 0.6 is 14.3 Å². The van der Waals surface area contributed by atoms with E-state index in [0.717, 1.165) is 65.5 Å². The molecular formula is C54H39NO3P2Si. The van der Waals surface area contributed by atoms with Gasteiger partial charge in [-0.15, -0.1) is 0 Å². The lowest BCUT2D eigenvalue weighted by molar-refractivity contribution is 0.477. The van der Waals surface area contributed by atoms with E-state index in [9.17, 15) is 0 Å². The predicted molar refractivity (Wildman–Crippen MR) is 257 cm³/mol. The van der Waals surface area contributed by atoms with Gasteiger partial charge in [0.1, 0.15) is 0 Å². The average Bonchev–Trinajstić information content (AvgIpc) is 3.34. The number of hydrogen-bond acceptors (Lipinski definition) is 4. The second-order valence-electron chi connectivity index (χ2n) is 15.5. The van der Waals surface area contributed by atoms with E-state index in [1.807, 2.05) is 115 Å². The van der Waals surface area contributed by atoms with E-state index in [4.69, 9.17) is 4.74 Å². The van der Waals surface area contributed by atoms with Crippen molar-refractivity contribution in [3.63, 3.8) is 0 Å². The summed E-state index contributed by atoms with van der Waals surface area (Å²) < 4.78 is 39.6. The number of para-hydroxylation sites is 4. The summed E-state index contributed by atoms with van der Waals surface area (Å²) in [6.07, 6.45) is 0. The summed E-state index contributed by atoms with van der Waals surface area (Å²) in [6.45, 7) is 0. The van der Waals surface area contributed by atoms with Gasteiger partial charge in [0.15, 0.2) is 33.9 Å². The molecule has 7 heteroatoms. The molecule has 2 aliphatic rings. The van der Waals surface area contributed by atoms with Crippen molar-refractivity contribution in [2.75, 3.05) is 4.90 Å². The molecule has 0 radical (unpaired) electrons. The molecule has 0 saturated carbocycles. The molecule has 0 saturated heterocycles. The molecule has 2 heterocycles. The molecule has 61 heavy (non-hydrogen) atoms. The summed E-state index contributed by atoms with van der Waals surface area (Å²) in [7, 11) is -10.3. The average molecular weight is 840 g/mol. The number of ether oxygens (including phenoxy) is 1. The van der Waals surface area contributed by atoms with Crippen LogP contribution in [0.25, 0.3) is 0 Å². The standard InChI is InChI=1S/C54H39NO3P2Si/c56-59(41-19-5-1-6-20-41,42-21-7-2-8-22-42)44-37-38-54-52(39-44)60(57,51-31-17-18-32-53(51)61(54,45-23-9-3-10-24-45)46-25-11-4-12-26-46)43-35-33-40(34-36-43)55-47-27-13-15-29-49(47)58-50-30-16-14-28-48(50)55/h1-39H. The van der Waals surface area contributed by atoms with Gasteiger partial charge in [0, 0.05) is 37.5 Å². The molecule has 0 bridgehead atoms. The summed E-state index contributed by atoms with van der Waals surface area (Å²) >= 11 is 0. The number of fused-ring (bicyclic) bond motifs is 4. The Morgan fingerprint density at radius 3 is 1.44 bits per heavy atom. The molecule has 0 fully saturated rings. The zero-order chi connectivity index (χ0) is 41.0. The quantitative estimate of drug-likeness (QED) is 0.120. The van der Waals surface area contributed by atoms with Gasteiger partial charge in [-0.2, -0.15) is 0 Å². The van der Waals surface area contributed by atoms with Crippen LogP contribution in [0.3, 0.4) is 0 Å². The Bertz CT molecular complexity index is 3050. The van der Waals surface area contributed by atoms with Crippen LogP contribution in [0.2, 0.25) is 0 Å². The van der Waals surface area contributed by atoms with Crippen molar-refractivity contribution in [1.82, 2.24) is 0 Å². The van der Waals surface area contributed by atoms with Crippen LogP contribution in [0.4, 0.5) is 17.1 Å². The van der Waals surface area contributed by atoms with Crippen LogP contribution in [0.15, 0.2) is 237 Å². The molecule has 9 aromatic rings. The van der Waals surface area contributed by atoms with Crippen LogP contribution in [0.1, 0.15) is 0 Å². The molecule has 2 aliphatic heterocycles. The van der Waals surface area contributed by atoms with E-state index in [0.29, 0.717) is 5.30 Å². The fourth-order valence-corrected chi connectivity index (χ4v) is 22.0. The number of benzene rings is 9. The molecule has 0 N–H and O–H groups in total. The number of hydrogen-bond donors (Lipinski definition) is 0. The van der Waals surface area contributed by atoms with Crippen LogP contribution in [-0.2, 0) is 9.13 Å². The molecule has 0 spiro atoms. The van der Waals surface area contributed by atoms with Gasteiger partial charge in [0.25, 0.3) is 0 Å². The van der Waals surface area contributed by atoms with Crippen molar-refractivity contribution >= 4 is 92.0 Å². The monoisotopic (exact) mass is 839 g/mol. The summed E-state index contributed by atoms with van der Waals surface area (Å²) in [5.41, 5.74) is 2.78. The zero-order valence-electron chi connectivity index (χ0n) is 33.1. The highest BCUT2D eigenvalue weighted by atomic mass is 31.2. The molecule has 4 nitrogen and oxygen atoms in total. The summed E-state index contributed by atoms with van der Waals surface area (Å²) in [5.74, 6) is 1.54. The molecule has 1 atom stereocenters. The van der Waals surface area contributed by atoms with E-state index in [-0.39, 0.29) is 0 Å². The molecule has 292 valence electrons. The number of anilines is 3. The highest BCUT2D eigenvalue weighted by Crippen LogP contribution is 2.51. The van der Waals surface area contributed by atoms with Crippen LogP contribution in [0, 0.1) is 0 Å². The van der Waals surface area contributed by atoms with Crippen molar-refractivity contribution in [2.45, 2.75) is 0 Å². The topological polar surface area (TPSA) is 46.6 Å². The molecular weight excluding hydrogens is 801 g/mol. The highest BCUT2D eigenvalue weighted by Gasteiger charge is 2.53. The highest BCUT2D eigenvalue weighted by molar-refractivity contribution is 7.88. The van der Waals surface area contributed by atoms with E-state index < -0.39 is 22.4 Å². The van der Waals surface area contributed by atoms with E-state index in [2.05, 4.69) is 126 Å². The molecule has 0 aliphatic carbocycles. The Labute approximate surface area is 357 Å². The van der Waals surface area contributed by atoms with Crippen LogP contribution in [0.5, 0.6) is 11.5 Å². The Morgan fingerprint density at radius 1 is 0.426 bits per heavy atom. The van der Waals surface area contributed by atoms with Gasteiger partial charge in [0.2, 0.25) is 0 Å². The maximum atomic E-state index is 17.2. The normalized spacial score (nSPS) is 16.0. The minimum atomic E-state index is -3.67. The number of rotatable bonds is 7. The van der Waals surface area contributed by atoms with Crippen molar-refractivity contribution in [2.24, 2.45) is 0 Å². The second kappa shape index (κ2) is 14.8. The zero-order valence-corrected chi connectivity index (χ0v) is 35.9. The van der Waals surface area contributed by atoms with Gasteiger partial charge in [-0.05, 0) is 75.3 Å². The molecule has 9 aromatic carbocycles.